The highest BCUT2D eigenvalue weighted by Crippen LogP contribution is 2.19. The van der Waals surface area contributed by atoms with E-state index in [1.54, 1.807) is 48.5 Å². The predicted molar refractivity (Wildman–Crippen MR) is 73.5 cm³/mol. The summed E-state index contributed by atoms with van der Waals surface area (Å²) in [6.07, 6.45) is 0. The molecule has 0 N–H and O–H groups in total. The normalized spacial score (nSPS) is 12.1. The molecule has 0 aliphatic rings. The fraction of sp³-hybridized carbons (Fsp3) is 0.0714. The molecule has 1 atom stereocenters. The second-order valence-corrected chi connectivity index (χ2v) is 5.54. The monoisotopic (exact) mass is 278 g/mol. The first-order valence-corrected chi connectivity index (χ1v) is 7.09. The van der Waals surface area contributed by atoms with Crippen LogP contribution in [-0.2, 0) is 10.8 Å². The number of ketones is 1. The van der Waals surface area contributed by atoms with Crippen molar-refractivity contribution in [3.8, 4) is 0 Å². The summed E-state index contributed by atoms with van der Waals surface area (Å²) in [7, 11) is -1.41. The van der Waals surface area contributed by atoms with Crippen LogP contribution in [0.5, 0.6) is 0 Å². The number of carbonyl (C=O) groups excluding carboxylic acids is 1. The van der Waals surface area contributed by atoms with E-state index >= 15 is 0 Å². The van der Waals surface area contributed by atoms with E-state index in [-0.39, 0.29) is 11.5 Å². The Bertz CT molecular complexity index is 581. The number of hydrogen-bond donors (Lipinski definition) is 0. The quantitative estimate of drug-likeness (QED) is 0.804. The molecule has 0 heterocycles. The molecule has 2 nitrogen and oxygen atoms in total. The van der Waals surface area contributed by atoms with Crippen molar-refractivity contribution in [3.63, 3.8) is 0 Å². The average molecular weight is 279 g/mol. The summed E-state index contributed by atoms with van der Waals surface area (Å²) < 4.78 is 12.1. The summed E-state index contributed by atoms with van der Waals surface area (Å²) in [4.78, 5) is 12.4. The van der Waals surface area contributed by atoms with Crippen LogP contribution in [0.4, 0.5) is 0 Å². The molecule has 18 heavy (non-hydrogen) atoms. The Morgan fingerprint density at radius 3 is 2.28 bits per heavy atom. The number of carbonyl (C=O) groups is 1. The lowest BCUT2D eigenvalue weighted by atomic mass is 10.2. The van der Waals surface area contributed by atoms with Crippen LogP contribution in [-0.4, -0.2) is 15.7 Å². The van der Waals surface area contributed by atoms with E-state index in [0.717, 1.165) is 0 Å². The van der Waals surface area contributed by atoms with Crippen LogP contribution in [0.15, 0.2) is 59.5 Å². The van der Waals surface area contributed by atoms with Crippen LogP contribution in [0, 0.1) is 0 Å². The highest BCUT2D eigenvalue weighted by Gasteiger charge is 2.13. The van der Waals surface area contributed by atoms with Gasteiger partial charge in [0.2, 0.25) is 0 Å². The molecule has 0 saturated carbocycles. The van der Waals surface area contributed by atoms with Gasteiger partial charge < -0.3 is 0 Å². The van der Waals surface area contributed by atoms with E-state index in [1.807, 2.05) is 6.07 Å². The molecule has 0 bridgehead atoms. The number of rotatable bonds is 4. The summed E-state index contributed by atoms with van der Waals surface area (Å²) in [6, 6.07) is 15.7. The molecule has 0 amide bonds. The number of halogens is 1. The lowest BCUT2D eigenvalue weighted by molar-refractivity contribution is 0.102. The van der Waals surface area contributed by atoms with Gasteiger partial charge in [-0.25, -0.2) is 0 Å². The van der Waals surface area contributed by atoms with Gasteiger partial charge in [0.15, 0.2) is 5.78 Å². The van der Waals surface area contributed by atoms with Gasteiger partial charge in [-0.05, 0) is 12.1 Å². The van der Waals surface area contributed by atoms with Crippen LogP contribution in [0.2, 0.25) is 5.02 Å². The fourth-order valence-electron chi connectivity index (χ4n) is 1.53. The molecule has 0 saturated heterocycles. The maximum Gasteiger partial charge on any atom is 0.175 e. The van der Waals surface area contributed by atoms with Crippen LogP contribution >= 0.6 is 11.6 Å². The maximum atomic E-state index is 12.1. The second-order valence-electron chi connectivity index (χ2n) is 3.71. The van der Waals surface area contributed by atoms with Gasteiger partial charge in [-0.3, -0.25) is 9.00 Å². The Morgan fingerprint density at radius 1 is 1.00 bits per heavy atom. The van der Waals surface area contributed by atoms with Crippen molar-refractivity contribution < 1.29 is 9.00 Å². The second kappa shape index (κ2) is 5.94. The van der Waals surface area contributed by atoms with Gasteiger partial charge in [-0.1, -0.05) is 54.1 Å². The zero-order chi connectivity index (χ0) is 13.0. The van der Waals surface area contributed by atoms with Crippen LogP contribution < -0.4 is 0 Å². The Hall–Kier alpha value is -1.45. The molecule has 0 fully saturated rings. The minimum absolute atomic E-state index is 0.0479. The first kappa shape index (κ1) is 13.0. The van der Waals surface area contributed by atoms with E-state index < -0.39 is 10.8 Å². The first-order valence-electron chi connectivity index (χ1n) is 5.39. The number of benzene rings is 2. The third kappa shape index (κ3) is 3.06. The van der Waals surface area contributed by atoms with Crippen molar-refractivity contribution in [2.75, 3.05) is 5.75 Å². The minimum Gasteiger partial charge on any atom is -0.293 e. The van der Waals surface area contributed by atoms with Gasteiger partial charge in [-0.15, -0.1) is 0 Å². The maximum absolute atomic E-state index is 12.1. The molecule has 2 rings (SSSR count). The lowest BCUT2D eigenvalue weighted by Crippen LogP contribution is -2.11. The van der Waals surface area contributed by atoms with E-state index in [2.05, 4.69) is 0 Å². The highest BCUT2D eigenvalue weighted by molar-refractivity contribution is 7.86. The standard InChI is InChI=1S/C14H11ClO2S/c15-12-8-4-5-9-14(12)18(17)10-13(16)11-6-2-1-3-7-11/h1-9H,10H2. The van der Waals surface area contributed by atoms with E-state index in [9.17, 15) is 9.00 Å². The van der Waals surface area contributed by atoms with Crippen molar-refractivity contribution in [2.24, 2.45) is 0 Å². The molecule has 1 unspecified atom stereocenters. The topological polar surface area (TPSA) is 34.1 Å². The zero-order valence-electron chi connectivity index (χ0n) is 9.51. The van der Waals surface area contributed by atoms with Crippen molar-refractivity contribution in [2.45, 2.75) is 4.90 Å². The third-order valence-electron chi connectivity index (χ3n) is 2.44. The molecule has 0 aromatic heterocycles. The summed E-state index contributed by atoms with van der Waals surface area (Å²) in [5.74, 6) is -0.192. The lowest BCUT2D eigenvalue weighted by Gasteiger charge is -2.04. The summed E-state index contributed by atoms with van der Waals surface area (Å²) in [5.41, 5.74) is 0.568. The van der Waals surface area contributed by atoms with Gasteiger partial charge in [0.1, 0.15) is 0 Å². The average Bonchev–Trinajstić information content (AvgIpc) is 2.40. The third-order valence-corrected chi connectivity index (χ3v) is 4.25. The summed E-state index contributed by atoms with van der Waals surface area (Å²) in [6.45, 7) is 0. The van der Waals surface area contributed by atoms with Gasteiger partial charge in [0, 0.05) is 5.56 Å². The molecule has 4 heteroatoms. The Morgan fingerprint density at radius 2 is 1.61 bits per heavy atom. The minimum atomic E-state index is -1.41. The summed E-state index contributed by atoms with van der Waals surface area (Å²) >= 11 is 5.94. The van der Waals surface area contributed by atoms with E-state index in [4.69, 9.17) is 11.6 Å². The molecule has 0 aliphatic heterocycles. The molecule has 0 spiro atoms. The predicted octanol–water partition coefficient (Wildman–Crippen LogP) is 3.33. The molecule has 92 valence electrons. The molecule has 0 aliphatic carbocycles. The van der Waals surface area contributed by atoms with Gasteiger partial charge >= 0.3 is 0 Å². The Kier molecular flexibility index (Phi) is 4.28. The highest BCUT2D eigenvalue weighted by atomic mass is 35.5. The molecule has 2 aromatic carbocycles. The fourth-order valence-corrected chi connectivity index (χ4v) is 3.00. The largest absolute Gasteiger partial charge is 0.293 e. The molecule has 2 aromatic rings. The molecular formula is C14H11ClO2S. The van der Waals surface area contributed by atoms with Gasteiger partial charge in [0.05, 0.1) is 26.5 Å². The zero-order valence-corrected chi connectivity index (χ0v) is 11.1. The number of Topliss-reactive ketones (excluding diaryl/α,β-unsaturated/α-hetero) is 1. The van der Waals surface area contributed by atoms with Crippen LogP contribution in [0.25, 0.3) is 0 Å². The smallest absolute Gasteiger partial charge is 0.175 e. The van der Waals surface area contributed by atoms with Crippen LogP contribution in [0.1, 0.15) is 10.4 Å². The number of hydrogen-bond acceptors (Lipinski definition) is 2. The Balaban J connectivity index is 2.14. The van der Waals surface area contributed by atoms with Crippen molar-refractivity contribution in [1.29, 1.82) is 0 Å². The van der Waals surface area contributed by atoms with E-state index in [0.29, 0.717) is 15.5 Å². The van der Waals surface area contributed by atoms with Crippen molar-refractivity contribution in [3.05, 3.63) is 65.2 Å². The van der Waals surface area contributed by atoms with Crippen LogP contribution in [0.3, 0.4) is 0 Å². The van der Waals surface area contributed by atoms with Crippen molar-refractivity contribution >= 4 is 28.2 Å². The SMILES string of the molecule is O=C(CS(=O)c1ccccc1Cl)c1ccccc1. The van der Waals surface area contributed by atoms with E-state index in [1.165, 1.54) is 0 Å². The first-order chi connectivity index (χ1) is 8.68. The molecule has 0 radical (unpaired) electrons. The van der Waals surface area contributed by atoms with Gasteiger partial charge in [-0.2, -0.15) is 0 Å². The van der Waals surface area contributed by atoms with Gasteiger partial charge in [0.25, 0.3) is 0 Å². The Labute approximate surface area is 113 Å². The summed E-state index contributed by atoms with van der Waals surface area (Å²) in [5, 5.41) is 0.427. The van der Waals surface area contributed by atoms with Crippen molar-refractivity contribution in [1.82, 2.24) is 0 Å². The molecular weight excluding hydrogens is 268 g/mol.